The van der Waals surface area contributed by atoms with Crippen molar-refractivity contribution in [3.63, 3.8) is 0 Å². The molecule has 112 valence electrons. The minimum absolute atomic E-state index is 0.0400. The van der Waals surface area contributed by atoms with Crippen molar-refractivity contribution in [3.8, 4) is 0 Å². The lowest BCUT2D eigenvalue weighted by Gasteiger charge is -2.02. The summed E-state index contributed by atoms with van der Waals surface area (Å²) >= 11 is 2.36. The number of aromatic nitrogens is 3. The van der Waals surface area contributed by atoms with Gasteiger partial charge in [0.2, 0.25) is 0 Å². The number of carboxylic acid groups (broad SMARTS) is 1. The maximum atomic E-state index is 12.0. The maximum Gasteiger partial charge on any atom is 0.355 e. The van der Waals surface area contributed by atoms with E-state index in [1.54, 1.807) is 0 Å². The molecular weight excluding hydrogens is 312 g/mol. The summed E-state index contributed by atoms with van der Waals surface area (Å²) in [6.45, 7) is 2.42. The molecular formula is C12H14N4O3S2. The summed E-state index contributed by atoms with van der Waals surface area (Å²) in [5.74, 6) is -1.23. The molecule has 2 rings (SSSR count). The van der Waals surface area contributed by atoms with E-state index in [0.717, 1.165) is 30.1 Å². The zero-order chi connectivity index (χ0) is 15.2. The number of nitrogens with one attached hydrogen (secondary N) is 1. The summed E-state index contributed by atoms with van der Waals surface area (Å²) in [5.41, 5.74) is 0.764. The Labute approximate surface area is 129 Å². The van der Waals surface area contributed by atoms with Crippen LogP contribution in [0.3, 0.4) is 0 Å². The largest absolute Gasteiger partial charge is 0.476 e. The fraction of sp³-hybridized carbons (Fsp3) is 0.417. The van der Waals surface area contributed by atoms with Crippen LogP contribution in [0.15, 0.2) is 5.38 Å². The number of carboxylic acids is 1. The fourth-order valence-electron chi connectivity index (χ4n) is 1.67. The van der Waals surface area contributed by atoms with E-state index in [4.69, 9.17) is 5.11 Å². The Bertz CT molecular complexity index is 638. The average Bonchev–Trinajstić information content (AvgIpc) is 3.08. The number of aryl methyl sites for hydroxylation is 1. The molecule has 2 N–H and O–H groups in total. The first kappa shape index (κ1) is 15.5. The minimum atomic E-state index is -1.04. The highest BCUT2D eigenvalue weighted by Crippen LogP contribution is 2.13. The van der Waals surface area contributed by atoms with Gasteiger partial charge in [0.15, 0.2) is 5.69 Å². The van der Waals surface area contributed by atoms with E-state index in [1.165, 1.54) is 16.7 Å². The molecule has 7 nitrogen and oxygen atoms in total. The van der Waals surface area contributed by atoms with Crippen molar-refractivity contribution >= 4 is 34.7 Å². The van der Waals surface area contributed by atoms with Crippen molar-refractivity contribution in [2.45, 2.75) is 26.2 Å². The standard InChI is InChI=1S/C12H14N4O3S2/c1-2-3-7-10(21-16-15-7)11(17)13-5-4-9-14-8(6-20-9)12(18)19/h6H,2-5H2,1H3,(H,13,17)(H,18,19). The van der Waals surface area contributed by atoms with Crippen LogP contribution in [0.4, 0.5) is 0 Å². The molecule has 0 saturated carbocycles. The van der Waals surface area contributed by atoms with Crippen LogP contribution in [0, 0.1) is 0 Å². The average molecular weight is 326 g/mol. The monoisotopic (exact) mass is 326 g/mol. The summed E-state index contributed by atoms with van der Waals surface area (Å²) in [6.07, 6.45) is 2.13. The second kappa shape index (κ2) is 7.23. The van der Waals surface area contributed by atoms with Crippen LogP contribution in [-0.4, -0.2) is 38.1 Å². The van der Waals surface area contributed by atoms with E-state index >= 15 is 0 Å². The highest BCUT2D eigenvalue weighted by Gasteiger charge is 2.15. The van der Waals surface area contributed by atoms with Gasteiger partial charge in [0.05, 0.1) is 10.7 Å². The van der Waals surface area contributed by atoms with Crippen molar-refractivity contribution in [1.82, 2.24) is 19.9 Å². The van der Waals surface area contributed by atoms with Gasteiger partial charge in [-0.3, -0.25) is 4.79 Å². The third kappa shape index (κ3) is 4.05. The lowest BCUT2D eigenvalue weighted by Crippen LogP contribution is -2.25. The molecule has 2 aromatic heterocycles. The van der Waals surface area contributed by atoms with Gasteiger partial charge in [0, 0.05) is 18.3 Å². The Morgan fingerprint density at radius 2 is 2.19 bits per heavy atom. The Hall–Kier alpha value is -1.87. The lowest BCUT2D eigenvalue weighted by molar-refractivity contribution is 0.0690. The highest BCUT2D eigenvalue weighted by atomic mass is 32.1. The third-order valence-corrected chi connectivity index (χ3v) is 4.32. The van der Waals surface area contributed by atoms with Gasteiger partial charge < -0.3 is 10.4 Å². The molecule has 21 heavy (non-hydrogen) atoms. The number of thiazole rings is 1. The summed E-state index contributed by atoms with van der Waals surface area (Å²) in [5, 5.41) is 17.7. The van der Waals surface area contributed by atoms with Gasteiger partial charge in [0.25, 0.3) is 5.91 Å². The molecule has 0 unspecified atom stereocenters. The minimum Gasteiger partial charge on any atom is -0.476 e. The van der Waals surface area contributed by atoms with Crippen molar-refractivity contribution in [1.29, 1.82) is 0 Å². The second-order valence-electron chi connectivity index (χ2n) is 4.24. The molecule has 0 bridgehead atoms. The Morgan fingerprint density at radius 1 is 1.38 bits per heavy atom. The Kier molecular flexibility index (Phi) is 5.34. The number of hydrogen-bond acceptors (Lipinski definition) is 7. The normalized spacial score (nSPS) is 10.5. The summed E-state index contributed by atoms with van der Waals surface area (Å²) < 4.78 is 3.81. The summed E-state index contributed by atoms with van der Waals surface area (Å²) in [6, 6.07) is 0. The van der Waals surface area contributed by atoms with Crippen LogP contribution in [0.25, 0.3) is 0 Å². The molecule has 0 aromatic carbocycles. The molecule has 9 heteroatoms. The highest BCUT2D eigenvalue weighted by molar-refractivity contribution is 7.09. The molecule has 0 spiro atoms. The smallest absolute Gasteiger partial charge is 0.355 e. The van der Waals surface area contributed by atoms with Gasteiger partial charge in [0.1, 0.15) is 4.88 Å². The van der Waals surface area contributed by atoms with Gasteiger partial charge in [-0.05, 0) is 18.0 Å². The Balaban J connectivity index is 1.86. The maximum absolute atomic E-state index is 12.0. The molecule has 0 aliphatic heterocycles. The van der Waals surface area contributed by atoms with Gasteiger partial charge >= 0.3 is 5.97 Å². The fourth-order valence-corrected chi connectivity index (χ4v) is 3.07. The number of carbonyl (C=O) groups excluding carboxylic acids is 1. The van der Waals surface area contributed by atoms with Crippen molar-refractivity contribution < 1.29 is 14.7 Å². The quantitative estimate of drug-likeness (QED) is 0.801. The number of rotatable bonds is 7. The van der Waals surface area contributed by atoms with Crippen molar-refractivity contribution in [2.75, 3.05) is 6.54 Å². The van der Waals surface area contributed by atoms with Crippen LogP contribution in [0.5, 0.6) is 0 Å². The topological polar surface area (TPSA) is 105 Å². The number of nitrogens with zero attached hydrogens (tertiary/aromatic N) is 3. The molecule has 0 atom stereocenters. The molecule has 2 heterocycles. The van der Waals surface area contributed by atoms with Crippen LogP contribution in [0.2, 0.25) is 0 Å². The molecule has 0 fully saturated rings. The summed E-state index contributed by atoms with van der Waals surface area (Å²) in [7, 11) is 0. The van der Waals surface area contributed by atoms with Crippen LogP contribution >= 0.6 is 22.9 Å². The van der Waals surface area contributed by atoms with Crippen LogP contribution in [-0.2, 0) is 12.8 Å². The molecule has 0 aliphatic carbocycles. The van der Waals surface area contributed by atoms with Crippen molar-refractivity contribution in [2.24, 2.45) is 0 Å². The van der Waals surface area contributed by atoms with Gasteiger partial charge in [-0.15, -0.1) is 16.4 Å². The Morgan fingerprint density at radius 3 is 2.86 bits per heavy atom. The van der Waals surface area contributed by atoms with E-state index < -0.39 is 5.97 Å². The molecule has 0 aliphatic rings. The lowest BCUT2D eigenvalue weighted by atomic mass is 10.2. The van der Waals surface area contributed by atoms with E-state index in [2.05, 4.69) is 19.9 Å². The first-order valence-corrected chi connectivity index (χ1v) is 8.04. The second-order valence-corrected chi connectivity index (χ2v) is 5.93. The zero-order valence-corrected chi connectivity index (χ0v) is 13.0. The molecule has 1 amide bonds. The van der Waals surface area contributed by atoms with E-state index in [9.17, 15) is 9.59 Å². The molecule has 0 radical (unpaired) electrons. The van der Waals surface area contributed by atoms with Gasteiger partial charge in [-0.25, -0.2) is 9.78 Å². The number of carbonyl (C=O) groups is 2. The summed E-state index contributed by atoms with van der Waals surface area (Å²) in [4.78, 5) is 27.2. The first-order chi connectivity index (χ1) is 10.1. The predicted octanol–water partition coefficient (Wildman–Crippen LogP) is 1.62. The third-order valence-electron chi connectivity index (χ3n) is 2.64. The van der Waals surface area contributed by atoms with E-state index in [1.807, 2.05) is 6.92 Å². The van der Waals surface area contributed by atoms with Crippen LogP contribution in [0.1, 0.15) is 44.2 Å². The van der Waals surface area contributed by atoms with Gasteiger partial charge in [-0.1, -0.05) is 17.8 Å². The first-order valence-electron chi connectivity index (χ1n) is 6.39. The van der Waals surface area contributed by atoms with Crippen LogP contribution < -0.4 is 5.32 Å². The molecule has 0 saturated heterocycles. The van der Waals surface area contributed by atoms with Gasteiger partial charge in [-0.2, -0.15) is 0 Å². The molecule has 2 aromatic rings. The SMILES string of the molecule is CCCc1nnsc1C(=O)NCCc1nc(C(=O)O)cs1. The van der Waals surface area contributed by atoms with E-state index in [0.29, 0.717) is 22.9 Å². The van der Waals surface area contributed by atoms with Crippen molar-refractivity contribution in [3.05, 3.63) is 26.7 Å². The predicted molar refractivity (Wildman–Crippen MR) is 79.0 cm³/mol. The number of hydrogen-bond donors (Lipinski definition) is 2. The number of amides is 1. The zero-order valence-electron chi connectivity index (χ0n) is 11.3. The number of aromatic carboxylic acids is 1. The van der Waals surface area contributed by atoms with E-state index in [-0.39, 0.29) is 11.6 Å².